The van der Waals surface area contributed by atoms with Gasteiger partial charge in [0.1, 0.15) is 0 Å². The first-order valence-electron chi connectivity index (χ1n) is 10.6. The molecule has 1 saturated carbocycles. The van der Waals surface area contributed by atoms with Crippen LogP contribution in [0.4, 0.5) is 11.4 Å². The zero-order valence-corrected chi connectivity index (χ0v) is 17.8. The highest BCUT2D eigenvalue weighted by Crippen LogP contribution is 2.25. The van der Waals surface area contributed by atoms with E-state index in [0.29, 0.717) is 17.3 Å². The predicted molar refractivity (Wildman–Crippen MR) is 120 cm³/mol. The molecule has 6 nitrogen and oxygen atoms in total. The monoisotopic (exact) mass is 409 g/mol. The first-order valence-corrected chi connectivity index (χ1v) is 10.6. The molecule has 2 aromatic carbocycles. The van der Waals surface area contributed by atoms with E-state index in [1.807, 2.05) is 18.2 Å². The van der Waals surface area contributed by atoms with Gasteiger partial charge < -0.3 is 15.4 Å². The lowest BCUT2D eigenvalue weighted by Gasteiger charge is -2.31. The van der Waals surface area contributed by atoms with Gasteiger partial charge in [0, 0.05) is 18.3 Å². The summed E-state index contributed by atoms with van der Waals surface area (Å²) in [5.41, 5.74) is 2.91. The predicted octanol–water partition coefficient (Wildman–Crippen LogP) is 4.29. The maximum Gasteiger partial charge on any atom is 0.339 e. The molecule has 0 aliphatic heterocycles. The number of amides is 1. The third-order valence-electron chi connectivity index (χ3n) is 5.68. The van der Waals surface area contributed by atoms with Gasteiger partial charge in [0.15, 0.2) is 0 Å². The Balaban J connectivity index is 1.60. The molecule has 1 aliphatic carbocycles. The fourth-order valence-corrected chi connectivity index (χ4v) is 4.00. The Kier molecular flexibility index (Phi) is 7.85. The number of para-hydroxylation sites is 2. The number of carbonyl (C=O) groups is 2. The molecule has 0 bridgehead atoms. The second kappa shape index (κ2) is 10.8. The number of hydrogen-bond acceptors (Lipinski definition) is 5. The number of rotatable bonds is 8. The van der Waals surface area contributed by atoms with Crippen LogP contribution in [0.15, 0.2) is 48.5 Å². The van der Waals surface area contributed by atoms with Crippen LogP contribution >= 0.6 is 0 Å². The first kappa shape index (κ1) is 21.8. The summed E-state index contributed by atoms with van der Waals surface area (Å²) in [6.07, 6.45) is 6.48. The lowest BCUT2D eigenvalue weighted by Crippen LogP contribution is -2.33. The Morgan fingerprint density at radius 3 is 2.40 bits per heavy atom. The SMILES string of the molecule is COC(=O)c1ccccc1NC(=O)CNc1ccccc1CN(C)C1CCCCC1. The van der Waals surface area contributed by atoms with Crippen molar-refractivity contribution in [1.82, 2.24) is 4.90 Å². The Morgan fingerprint density at radius 2 is 1.67 bits per heavy atom. The molecule has 0 spiro atoms. The van der Waals surface area contributed by atoms with Gasteiger partial charge in [0.2, 0.25) is 5.91 Å². The molecule has 0 radical (unpaired) electrons. The smallest absolute Gasteiger partial charge is 0.339 e. The first-order chi connectivity index (χ1) is 14.6. The van der Waals surface area contributed by atoms with Crippen molar-refractivity contribution in [3.63, 3.8) is 0 Å². The van der Waals surface area contributed by atoms with E-state index in [1.54, 1.807) is 24.3 Å². The quantitative estimate of drug-likeness (QED) is 0.637. The third-order valence-corrected chi connectivity index (χ3v) is 5.68. The van der Waals surface area contributed by atoms with Crippen LogP contribution in [0.3, 0.4) is 0 Å². The summed E-state index contributed by atoms with van der Waals surface area (Å²) >= 11 is 0. The van der Waals surface area contributed by atoms with E-state index in [2.05, 4.69) is 28.6 Å². The second-order valence-corrected chi connectivity index (χ2v) is 7.80. The van der Waals surface area contributed by atoms with Crippen molar-refractivity contribution in [3.8, 4) is 0 Å². The van der Waals surface area contributed by atoms with Crippen LogP contribution in [0.25, 0.3) is 0 Å². The molecule has 1 amide bonds. The number of nitrogens with zero attached hydrogens (tertiary/aromatic N) is 1. The van der Waals surface area contributed by atoms with E-state index in [9.17, 15) is 9.59 Å². The zero-order valence-electron chi connectivity index (χ0n) is 17.8. The number of benzene rings is 2. The van der Waals surface area contributed by atoms with Crippen molar-refractivity contribution >= 4 is 23.3 Å². The van der Waals surface area contributed by atoms with Crippen LogP contribution in [0.5, 0.6) is 0 Å². The summed E-state index contributed by atoms with van der Waals surface area (Å²) in [6, 6.07) is 15.6. The summed E-state index contributed by atoms with van der Waals surface area (Å²) in [5.74, 6) is -0.697. The fourth-order valence-electron chi connectivity index (χ4n) is 4.00. The largest absolute Gasteiger partial charge is 0.465 e. The van der Waals surface area contributed by atoms with E-state index in [4.69, 9.17) is 4.74 Å². The molecule has 0 aromatic heterocycles. The van der Waals surface area contributed by atoms with Gasteiger partial charge in [-0.3, -0.25) is 9.69 Å². The third kappa shape index (κ3) is 5.83. The maximum atomic E-state index is 12.5. The number of nitrogens with one attached hydrogen (secondary N) is 2. The molecule has 30 heavy (non-hydrogen) atoms. The van der Waals surface area contributed by atoms with Crippen molar-refractivity contribution in [1.29, 1.82) is 0 Å². The van der Waals surface area contributed by atoms with Crippen LogP contribution in [0.2, 0.25) is 0 Å². The Hall–Kier alpha value is -2.86. The molecule has 0 heterocycles. The number of ether oxygens (including phenoxy) is 1. The summed E-state index contributed by atoms with van der Waals surface area (Å²) < 4.78 is 4.78. The molecular formula is C24H31N3O3. The van der Waals surface area contributed by atoms with E-state index in [-0.39, 0.29) is 12.5 Å². The van der Waals surface area contributed by atoms with Gasteiger partial charge in [0.05, 0.1) is 24.9 Å². The number of carbonyl (C=O) groups excluding carboxylic acids is 2. The maximum absolute atomic E-state index is 12.5. The average molecular weight is 410 g/mol. The normalized spacial score (nSPS) is 14.4. The second-order valence-electron chi connectivity index (χ2n) is 7.80. The summed E-state index contributed by atoms with van der Waals surface area (Å²) in [5, 5.41) is 6.04. The molecule has 2 N–H and O–H groups in total. The van der Waals surface area contributed by atoms with Crippen LogP contribution in [-0.4, -0.2) is 43.5 Å². The number of esters is 1. The summed E-state index contributed by atoms with van der Waals surface area (Å²) in [6.45, 7) is 0.959. The van der Waals surface area contributed by atoms with Crippen molar-refractivity contribution < 1.29 is 14.3 Å². The van der Waals surface area contributed by atoms with Crippen LogP contribution < -0.4 is 10.6 Å². The Morgan fingerprint density at radius 1 is 1.00 bits per heavy atom. The molecule has 0 saturated heterocycles. The van der Waals surface area contributed by atoms with Crippen molar-refractivity contribution in [2.75, 3.05) is 31.3 Å². The molecule has 160 valence electrons. The molecule has 6 heteroatoms. The fraction of sp³-hybridized carbons (Fsp3) is 0.417. The van der Waals surface area contributed by atoms with Crippen LogP contribution in [0.1, 0.15) is 48.0 Å². The van der Waals surface area contributed by atoms with Crippen LogP contribution in [-0.2, 0) is 16.1 Å². The van der Waals surface area contributed by atoms with Crippen molar-refractivity contribution in [2.45, 2.75) is 44.7 Å². The molecule has 0 unspecified atom stereocenters. The topological polar surface area (TPSA) is 70.7 Å². The minimum absolute atomic E-state index is 0.111. The van der Waals surface area contributed by atoms with E-state index < -0.39 is 5.97 Å². The molecular weight excluding hydrogens is 378 g/mol. The van der Waals surface area contributed by atoms with Gasteiger partial charge in [-0.1, -0.05) is 49.6 Å². The van der Waals surface area contributed by atoms with Gasteiger partial charge in [0.25, 0.3) is 0 Å². The lowest BCUT2D eigenvalue weighted by molar-refractivity contribution is -0.114. The summed E-state index contributed by atoms with van der Waals surface area (Å²) in [4.78, 5) is 26.8. The summed E-state index contributed by atoms with van der Waals surface area (Å²) in [7, 11) is 3.51. The van der Waals surface area contributed by atoms with Gasteiger partial charge in [-0.25, -0.2) is 4.79 Å². The van der Waals surface area contributed by atoms with E-state index in [0.717, 1.165) is 12.2 Å². The molecule has 1 aliphatic rings. The minimum Gasteiger partial charge on any atom is -0.465 e. The number of anilines is 2. The van der Waals surface area contributed by atoms with Gasteiger partial charge in [-0.2, -0.15) is 0 Å². The standard InChI is InChI=1S/C24H31N3O3/c1-27(19-11-4-3-5-12-19)17-18-10-6-8-14-21(18)25-16-23(28)26-22-15-9-7-13-20(22)24(29)30-2/h6-10,13-15,19,25H,3-5,11-12,16-17H2,1-2H3,(H,26,28). The zero-order chi connectivity index (χ0) is 21.3. The minimum atomic E-state index is -0.477. The Labute approximate surface area is 178 Å². The Bertz CT molecular complexity index is 862. The van der Waals surface area contributed by atoms with Crippen LogP contribution in [0, 0.1) is 0 Å². The molecule has 0 atom stereocenters. The van der Waals surface area contributed by atoms with E-state index >= 15 is 0 Å². The van der Waals surface area contributed by atoms with Gasteiger partial charge >= 0.3 is 5.97 Å². The number of methoxy groups -OCH3 is 1. The highest BCUT2D eigenvalue weighted by atomic mass is 16.5. The molecule has 2 aromatic rings. The average Bonchev–Trinajstić information content (AvgIpc) is 2.79. The highest BCUT2D eigenvalue weighted by molar-refractivity contribution is 6.02. The van der Waals surface area contributed by atoms with Gasteiger partial charge in [-0.15, -0.1) is 0 Å². The highest BCUT2D eigenvalue weighted by Gasteiger charge is 2.19. The number of hydrogen-bond donors (Lipinski definition) is 2. The van der Waals surface area contributed by atoms with Crippen molar-refractivity contribution in [2.24, 2.45) is 0 Å². The van der Waals surface area contributed by atoms with E-state index in [1.165, 1.54) is 44.8 Å². The van der Waals surface area contributed by atoms with Gasteiger partial charge in [-0.05, 0) is 43.7 Å². The lowest BCUT2D eigenvalue weighted by atomic mass is 9.94. The van der Waals surface area contributed by atoms with Crippen molar-refractivity contribution in [3.05, 3.63) is 59.7 Å². The molecule has 3 rings (SSSR count). The molecule has 1 fully saturated rings.